The Labute approximate surface area is 118 Å². The lowest BCUT2D eigenvalue weighted by Gasteiger charge is -2.26. The van der Waals surface area contributed by atoms with Crippen molar-refractivity contribution in [2.24, 2.45) is 17.8 Å². The fraction of sp³-hybridized carbons (Fsp3) is 0.706. The van der Waals surface area contributed by atoms with Crippen molar-refractivity contribution in [2.45, 2.75) is 47.5 Å². The maximum absolute atomic E-state index is 11.6. The maximum Gasteiger partial charge on any atom is 0.219 e. The van der Waals surface area contributed by atoms with Gasteiger partial charge in [0.1, 0.15) is 0 Å². The van der Waals surface area contributed by atoms with Crippen LogP contribution in [0.3, 0.4) is 0 Å². The molecule has 0 aliphatic heterocycles. The zero-order valence-electron chi connectivity index (χ0n) is 13.1. The summed E-state index contributed by atoms with van der Waals surface area (Å²) in [6.45, 7) is 12.1. The fourth-order valence-electron chi connectivity index (χ4n) is 2.72. The van der Waals surface area contributed by atoms with Crippen molar-refractivity contribution in [1.82, 2.24) is 4.90 Å². The highest BCUT2D eigenvalue weighted by Crippen LogP contribution is 2.29. The van der Waals surface area contributed by atoms with Gasteiger partial charge in [0.25, 0.3) is 0 Å². The topological polar surface area (TPSA) is 20.3 Å². The second kappa shape index (κ2) is 7.52. The zero-order valence-corrected chi connectivity index (χ0v) is 13.1. The van der Waals surface area contributed by atoms with Crippen LogP contribution in [0.4, 0.5) is 0 Å². The van der Waals surface area contributed by atoms with Crippen molar-refractivity contribution in [3.8, 4) is 0 Å². The van der Waals surface area contributed by atoms with Gasteiger partial charge in [-0.05, 0) is 37.5 Å². The number of carbonyl (C=O) groups is 1. The van der Waals surface area contributed by atoms with Gasteiger partial charge in [-0.1, -0.05) is 44.6 Å². The van der Waals surface area contributed by atoms with Crippen LogP contribution in [-0.2, 0) is 4.79 Å². The Morgan fingerprint density at radius 3 is 2.74 bits per heavy atom. The SMILES string of the molecule is CC(=O)N(C/C=C\C1CC=C(C)CC1C)CC(C)C. The number of hydrogen-bond acceptors (Lipinski definition) is 1. The first kappa shape index (κ1) is 16.0. The van der Waals surface area contributed by atoms with Gasteiger partial charge in [0.05, 0.1) is 0 Å². The lowest BCUT2D eigenvalue weighted by atomic mass is 9.81. The first-order valence-electron chi connectivity index (χ1n) is 7.48. The molecule has 0 aromatic heterocycles. The van der Waals surface area contributed by atoms with Crippen LogP contribution in [0.2, 0.25) is 0 Å². The molecular weight excluding hydrogens is 234 g/mol. The molecule has 108 valence electrons. The summed E-state index contributed by atoms with van der Waals surface area (Å²) in [5.74, 6) is 2.05. The molecule has 0 heterocycles. The maximum atomic E-state index is 11.6. The van der Waals surface area contributed by atoms with E-state index in [4.69, 9.17) is 0 Å². The molecule has 2 unspecified atom stereocenters. The van der Waals surface area contributed by atoms with E-state index in [-0.39, 0.29) is 5.91 Å². The Bertz CT molecular complexity index is 354. The van der Waals surface area contributed by atoms with Crippen LogP contribution in [0, 0.1) is 17.8 Å². The van der Waals surface area contributed by atoms with Gasteiger partial charge < -0.3 is 4.90 Å². The van der Waals surface area contributed by atoms with Crippen molar-refractivity contribution >= 4 is 5.91 Å². The zero-order chi connectivity index (χ0) is 14.4. The Morgan fingerprint density at radius 1 is 1.53 bits per heavy atom. The van der Waals surface area contributed by atoms with Crippen LogP contribution in [0.15, 0.2) is 23.8 Å². The molecule has 2 heteroatoms. The standard InChI is InChI=1S/C17H29NO/c1-13(2)12-18(16(5)19)10-6-7-17-9-8-14(3)11-15(17)4/h6-8,13,15,17H,9-12H2,1-5H3/b7-6-. The molecule has 0 N–H and O–H groups in total. The van der Waals surface area contributed by atoms with Crippen molar-refractivity contribution in [1.29, 1.82) is 0 Å². The first-order valence-corrected chi connectivity index (χ1v) is 7.48. The van der Waals surface area contributed by atoms with E-state index in [9.17, 15) is 4.79 Å². The minimum atomic E-state index is 0.172. The Kier molecular flexibility index (Phi) is 6.33. The monoisotopic (exact) mass is 263 g/mol. The number of nitrogens with zero attached hydrogens (tertiary/aromatic N) is 1. The summed E-state index contributed by atoms with van der Waals surface area (Å²) in [6.07, 6.45) is 9.19. The summed E-state index contributed by atoms with van der Waals surface area (Å²) in [5, 5.41) is 0. The smallest absolute Gasteiger partial charge is 0.219 e. The van der Waals surface area contributed by atoms with E-state index in [0.29, 0.717) is 11.8 Å². The molecule has 2 atom stereocenters. The molecule has 1 amide bonds. The van der Waals surface area contributed by atoms with Crippen LogP contribution in [0.5, 0.6) is 0 Å². The average molecular weight is 263 g/mol. The van der Waals surface area contributed by atoms with Gasteiger partial charge in [-0.3, -0.25) is 4.79 Å². The average Bonchev–Trinajstić information content (AvgIpc) is 2.29. The lowest BCUT2D eigenvalue weighted by molar-refractivity contribution is -0.128. The fourth-order valence-corrected chi connectivity index (χ4v) is 2.72. The molecule has 0 fully saturated rings. The normalized spacial score (nSPS) is 23.8. The Hall–Kier alpha value is -1.05. The van der Waals surface area contributed by atoms with Gasteiger partial charge in [-0.15, -0.1) is 0 Å². The molecule has 2 nitrogen and oxygen atoms in total. The van der Waals surface area contributed by atoms with Gasteiger partial charge in [0.15, 0.2) is 0 Å². The Balaban J connectivity index is 2.49. The van der Waals surface area contributed by atoms with E-state index in [1.807, 2.05) is 4.90 Å². The minimum absolute atomic E-state index is 0.172. The number of amides is 1. The molecule has 0 saturated carbocycles. The van der Waals surface area contributed by atoms with Gasteiger partial charge in [0, 0.05) is 20.0 Å². The summed E-state index contributed by atoms with van der Waals surface area (Å²) < 4.78 is 0. The van der Waals surface area contributed by atoms with Gasteiger partial charge in [-0.25, -0.2) is 0 Å². The number of rotatable bonds is 5. The van der Waals surface area contributed by atoms with Gasteiger partial charge in [0.2, 0.25) is 5.91 Å². The third-order valence-electron chi connectivity index (χ3n) is 3.85. The highest BCUT2D eigenvalue weighted by Gasteiger charge is 2.18. The number of carbonyl (C=O) groups excluding carboxylic acids is 1. The van der Waals surface area contributed by atoms with Crippen LogP contribution in [0.1, 0.15) is 47.5 Å². The second-order valence-corrected chi connectivity index (χ2v) is 6.38. The third-order valence-corrected chi connectivity index (χ3v) is 3.85. The van der Waals surface area contributed by atoms with Gasteiger partial charge in [-0.2, -0.15) is 0 Å². The molecule has 0 spiro atoms. The molecule has 19 heavy (non-hydrogen) atoms. The van der Waals surface area contributed by atoms with E-state index in [1.54, 1.807) is 6.92 Å². The molecule has 0 aromatic rings. The summed E-state index contributed by atoms with van der Waals surface area (Å²) in [4.78, 5) is 13.5. The number of allylic oxidation sites excluding steroid dienone is 3. The number of hydrogen-bond donors (Lipinski definition) is 0. The van der Waals surface area contributed by atoms with E-state index >= 15 is 0 Å². The molecule has 0 bridgehead atoms. The molecular formula is C17H29NO. The van der Waals surface area contributed by atoms with Crippen molar-refractivity contribution in [2.75, 3.05) is 13.1 Å². The largest absolute Gasteiger partial charge is 0.339 e. The highest BCUT2D eigenvalue weighted by molar-refractivity contribution is 5.73. The summed E-state index contributed by atoms with van der Waals surface area (Å²) >= 11 is 0. The van der Waals surface area contributed by atoms with Crippen molar-refractivity contribution < 1.29 is 4.79 Å². The molecule has 1 aliphatic carbocycles. The van der Waals surface area contributed by atoms with Crippen LogP contribution < -0.4 is 0 Å². The molecule has 0 aromatic carbocycles. The quantitative estimate of drug-likeness (QED) is 0.686. The van der Waals surface area contributed by atoms with Crippen LogP contribution in [-0.4, -0.2) is 23.9 Å². The second-order valence-electron chi connectivity index (χ2n) is 6.38. The Morgan fingerprint density at radius 2 is 2.21 bits per heavy atom. The third kappa shape index (κ3) is 5.63. The first-order chi connectivity index (χ1) is 8.90. The van der Waals surface area contributed by atoms with E-state index in [1.165, 1.54) is 12.0 Å². The molecule has 1 aliphatic rings. The predicted octanol–water partition coefficient (Wildman–Crippen LogP) is 4.04. The van der Waals surface area contributed by atoms with Crippen molar-refractivity contribution in [3.63, 3.8) is 0 Å². The summed E-state index contributed by atoms with van der Waals surface area (Å²) in [5.41, 5.74) is 1.52. The molecule has 0 radical (unpaired) electrons. The van der Waals surface area contributed by atoms with E-state index < -0.39 is 0 Å². The van der Waals surface area contributed by atoms with E-state index in [2.05, 4.69) is 45.9 Å². The molecule has 0 saturated heterocycles. The van der Waals surface area contributed by atoms with Gasteiger partial charge >= 0.3 is 0 Å². The lowest BCUT2D eigenvalue weighted by Crippen LogP contribution is -2.32. The molecule has 1 rings (SSSR count). The van der Waals surface area contributed by atoms with Crippen LogP contribution in [0.25, 0.3) is 0 Å². The predicted molar refractivity (Wildman–Crippen MR) is 81.9 cm³/mol. The summed E-state index contributed by atoms with van der Waals surface area (Å²) in [6, 6.07) is 0. The van der Waals surface area contributed by atoms with E-state index in [0.717, 1.165) is 25.4 Å². The van der Waals surface area contributed by atoms with Crippen molar-refractivity contribution in [3.05, 3.63) is 23.8 Å². The minimum Gasteiger partial charge on any atom is -0.339 e. The summed E-state index contributed by atoms with van der Waals surface area (Å²) in [7, 11) is 0. The van der Waals surface area contributed by atoms with Crippen LogP contribution >= 0.6 is 0 Å². The highest BCUT2D eigenvalue weighted by atomic mass is 16.2.